The molecule has 0 N–H and O–H groups in total. The zero-order chi connectivity index (χ0) is 25.5. The van der Waals surface area contributed by atoms with Crippen LogP contribution in [0, 0.1) is 19.1 Å². The predicted octanol–water partition coefficient (Wildman–Crippen LogP) is 8.55. The van der Waals surface area contributed by atoms with Crippen LogP contribution in [0.2, 0.25) is 0 Å². The van der Waals surface area contributed by atoms with Crippen LogP contribution < -0.4 is 0 Å². The molecule has 8 aromatic rings. The Bertz CT molecular complexity index is 1970. The maximum atomic E-state index is 4.57. The number of aryl methyl sites for hydroxylation is 1. The normalized spacial score (nSPS) is 11.0. The maximum absolute atomic E-state index is 4.57. The summed E-state index contributed by atoms with van der Waals surface area (Å²) in [6, 6.07) is 44.0. The van der Waals surface area contributed by atoms with Gasteiger partial charge in [0.05, 0.1) is 5.52 Å². The van der Waals surface area contributed by atoms with Crippen molar-refractivity contribution in [3.05, 3.63) is 139 Å². The second-order valence-corrected chi connectivity index (χ2v) is 9.41. The van der Waals surface area contributed by atoms with Crippen LogP contribution in [0.15, 0.2) is 122 Å². The van der Waals surface area contributed by atoms with Gasteiger partial charge >= 0.3 is 0 Å². The fraction of sp³-hybridized carbons (Fsp3) is 0.0286. The first-order valence-electron chi connectivity index (χ1n) is 12.7. The van der Waals surface area contributed by atoms with Gasteiger partial charge in [-0.15, -0.1) is 59.7 Å². The van der Waals surface area contributed by atoms with Gasteiger partial charge in [0.25, 0.3) is 0 Å². The Morgan fingerprint density at radius 3 is 2.15 bits per heavy atom. The number of pyridine rings is 2. The van der Waals surface area contributed by atoms with Crippen molar-refractivity contribution in [2.45, 2.75) is 6.92 Å². The zero-order valence-corrected chi connectivity index (χ0v) is 23.6. The van der Waals surface area contributed by atoms with E-state index in [0.717, 1.165) is 22.5 Å². The third-order valence-corrected chi connectivity index (χ3v) is 6.99. The van der Waals surface area contributed by atoms with Gasteiger partial charge in [-0.25, -0.2) is 0 Å². The number of nitrogens with zero attached hydrogens (tertiary/aromatic N) is 3. The molecule has 0 aliphatic carbocycles. The molecule has 0 bridgehead atoms. The number of fused-ring (bicyclic) bond motifs is 6. The minimum Gasteiger partial charge on any atom is -0.350 e. The number of hydrogen-bond donors (Lipinski definition) is 0. The van der Waals surface area contributed by atoms with Crippen LogP contribution in [0.1, 0.15) is 5.56 Å². The van der Waals surface area contributed by atoms with E-state index in [0.29, 0.717) is 0 Å². The average Bonchev–Trinajstić information content (AvgIpc) is 3.51. The van der Waals surface area contributed by atoms with E-state index < -0.39 is 0 Å². The molecule has 4 heteroatoms. The molecule has 0 saturated heterocycles. The van der Waals surface area contributed by atoms with Gasteiger partial charge in [-0.3, -0.25) is 0 Å². The number of rotatable bonds is 2. The number of aromatic nitrogens is 3. The van der Waals surface area contributed by atoms with Crippen LogP contribution in [0.4, 0.5) is 0 Å². The Morgan fingerprint density at radius 1 is 0.615 bits per heavy atom. The molecule has 0 aliphatic rings. The summed E-state index contributed by atoms with van der Waals surface area (Å²) in [4.78, 5) is 8.79. The summed E-state index contributed by atoms with van der Waals surface area (Å²) < 4.78 is 2.37. The summed E-state index contributed by atoms with van der Waals surface area (Å²) >= 11 is 0. The molecule has 0 aliphatic heterocycles. The van der Waals surface area contributed by atoms with Crippen LogP contribution >= 0.6 is 0 Å². The standard InChI is InChI=1S/C24H15N2.C11H8N.Ir/c1-15-9-11-21(25-14-15)16-10-12-23-20(13-16)19-7-4-6-18-17-5-2-3-8-22(17)26(23)24(18)19;1-2-6-10(7-3-1)11-8-4-5-9-12-11;/h2-9,11-14H,1H3;1-6,8-9H;/q2*-1;. The first-order chi connectivity index (χ1) is 18.8. The van der Waals surface area contributed by atoms with Crippen LogP contribution in [0.3, 0.4) is 0 Å². The van der Waals surface area contributed by atoms with Gasteiger partial charge in [0.15, 0.2) is 0 Å². The molecule has 39 heavy (non-hydrogen) atoms. The third-order valence-electron chi connectivity index (χ3n) is 6.99. The van der Waals surface area contributed by atoms with Crippen molar-refractivity contribution >= 4 is 38.1 Å². The Morgan fingerprint density at radius 2 is 1.38 bits per heavy atom. The van der Waals surface area contributed by atoms with Crippen molar-refractivity contribution in [1.82, 2.24) is 14.4 Å². The quantitative estimate of drug-likeness (QED) is 0.172. The molecule has 0 amide bonds. The summed E-state index contributed by atoms with van der Waals surface area (Å²) in [6.07, 6.45) is 3.70. The molecule has 0 unspecified atom stereocenters. The smallest absolute Gasteiger partial charge is 0.0516 e. The fourth-order valence-electron chi connectivity index (χ4n) is 5.22. The van der Waals surface area contributed by atoms with E-state index in [1.54, 1.807) is 6.20 Å². The van der Waals surface area contributed by atoms with Crippen molar-refractivity contribution in [2.75, 3.05) is 0 Å². The van der Waals surface area contributed by atoms with E-state index in [1.165, 1.54) is 43.7 Å². The largest absolute Gasteiger partial charge is 0.350 e. The zero-order valence-electron chi connectivity index (χ0n) is 21.2. The van der Waals surface area contributed by atoms with E-state index >= 15 is 0 Å². The van der Waals surface area contributed by atoms with Crippen molar-refractivity contribution in [3.63, 3.8) is 0 Å². The molecule has 0 fully saturated rings. The van der Waals surface area contributed by atoms with Crippen molar-refractivity contribution in [2.24, 2.45) is 0 Å². The van der Waals surface area contributed by atoms with E-state index in [-0.39, 0.29) is 20.1 Å². The average molecular weight is 678 g/mol. The van der Waals surface area contributed by atoms with E-state index in [9.17, 15) is 0 Å². The molecule has 4 heterocycles. The van der Waals surface area contributed by atoms with E-state index in [2.05, 4.69) is 100 Å². The second kappa shape index (κ2) is 10.4. The molecule has 4 aromatic carbocycles. The van der Waals surface area contributed by atoms with Gasteiger partial charge in [0, 0.05) is 48.8 Å². The molecule has 1 radical (unpaired) electrons. The minimum atomic E-state index is 0. The predicted molar refractivity (Wildman–Crippen MR) is 156 cm³/mol. The molecule has 0 atom stereocenters. The molecule has 0 spiro atoms. The third kappa shape index (κ3) is 4.38. The number of hydrogen-bond acceptors (Lipinski definition) is 2. The topological polar surface area (TPSA) is 30.2 Å². The van der Waals surface area contributed by atoms with E-state index in [1.807, 2.05) is 48.7 Å². The summed E-state index contributed by atoms with van der Waals surface area (Å²) in [5.74, 6) is 0. The Kier molecular flexibility index (Phi) is 6.66. The molecule has 4 aromatic heterocycles. The van der Waals surface area contributed by atoms with Gasteiger partial charge in [0.1, 0.15) is 0 Å². The number of benzene rings is 4. The molecule has 8 rings (SSSR count). The van der Waals surface area contributed by atoms with Gasteiger partial charge in [-0.2, -0.15) is 0 Å². The van der Waals surface area contributed by atoms with Crippen LogP contribution in [0.25, 0.3) is 60.6 Å². The second-order valence-electron chi connectivity index (χ2n) is 9.41. The molecule has 189 valence electrons. The van der Waals surface area contributed by atoms with Crippen molar-refractivity contribution in [1.29, 1.82) is 0 Å². The van der Waals surface area contributed by atoms with Gasteiger partial charge in [0.2, 0.25) is 0 Å². The molecule has 3 nitrogen and oxygen atoms in total. The summed E-state index contributed by atoms with van der Waals surface area (Å²) in [7, 11) is 0. The van der Waals surface area contributed by atoms with Gasteiger partial charge in [-0.05, 0) is 46.9 Å². The monoisotopic (exact) mass is 678 g/mol. The Labute approximate surface area is 240 Å². The first kappa shape index (κ1) is 24.9. The summed E-state index contributed by atoms with van der Waals surface area (Å²) in [5, 5.41) is 5.16. The summed E-state index contributed by atoms with van der Waals surface area (Å²) in [6.45, 7) is 2.06. The fourth-order valence-corrected chi connectivity index (χ4v) is 5.22. The molecular weight excluding hydrogens is 655 g/mol. The van der Waals surface area contributed by atoms with Crippen LogP contribution in [-0.2, 0) is 20.1 Å². The maximum Gasteiger partial charge on any atom is 0.0516 e. The summed E-state index contributed by atoms with van der Waals surface area (Å²) in [5.41, 5.74) is 8.93. The van der Waals surface area contributed by atoms with Gasteiger partial charge < -0.3 is 14.4 Å². The van der Waals surface area contributed by atoms with Crippen LogP contribution in [-0.4, -0.2) is 14.4 Å². The van der Waals surface area contributed by atoms with Crippen molar-refractivity contribution in [3.8, 4) is 22.5 Å². The van der Waals surface area contributed by atoms with E-state index in [4.69, 9.17) is 0 Å². The molecule has 0 saturated carbocycles. The SMILES string of the molecule is Cc1ccc(-c2[c-]cc3c(c2)c2cccc4c5ccccc5n3c24)nc1.[Ir].[c-]1ccccc1-c1ccccn1. The Hall–Kier alpha value is -4.37. The Balaban J connectivity index is 0.000000180. The molecular formula is C35H23IrN3-2. The first-order valence-corrected chi connectivity index (χ1v) is 12.7. The van der Waals surface area contributed by atoms with Crippen LogP contribution in [0.5, 0.6) is 0 Å². The minimum absolute atomic E-state index is 0. The van der Waals surface area contributed by atoms with Crippen molar-refractivity contribution < 1.29 is 20.1 Å². The number of para-hydroxylation sites is 2. The van der Waals surface area contributed by atoms with Gasteiger partial charge in [-0.1, -0.05) is 66.0 Å².